The van der Waals surface area contributed by atoms with E-state index >= 15 is 0 Å². The number of amides is 2. The monoisotopic (exact) mass is 401 g/mol. The lowest BCUT2D eigenvalue weighted by molar-refractivity contribution is -0.122. The number of rotatable bonds is 1. The number of carbonyl (C=O) groups is 2. The maximum atomic E-state index is 13.8. The van der Waals surface area contributed by atoms with Gasteiger partial charge in [0.2, 0.25) is 11.8 Å². The van der Waals surface area contributed by atoms with E-state index in [4.69, 9.17) is 0 Å². The average Bonchev–Trinajstić information content (AvgIpc) is 3.09. The first kappa shape index (κ1) is 17.0. The zero-order valence-electron chi connectivity index (χ0n) is 16.7. The molecule has 0 unspecified atom stereocenters. The zero-order chi connectivity index (χ0) is 20.7. The van der Waals surface area contributed by atoms with Gasteiger partial charge in [-0.25, -0.2) is 4.90 Å². The highest BCUT2D eigenvalue weighted by atomic mass is 16.2. The number of hydrogen-bond donors (Lipinski definition) is 0. The molecule has 2 amide bonds. The summed E-state index contributed by atoms with van der Waals surface area (Å²) in [5.74, 6) is -0.940. The van der Waals surface area contributed by atoms with Gasteiger partial charge in [0.25, 0.3) is 0 Å². The number of hydrogen-bond acceptors (Lipinski definition) is 2. The third-order valence-electron chi connectivity index (χ3n) is 7.44. The average molecular weight is 401 g/mol. The fourth-order valence-electron chi connectivity index (χ4n) is 6.25. The Balaban J connectivity index is 1.42. The smallest absolute Gasteiger partial charge is 0.238 e. The molecule has 0 radical (unpaired) electrons. The molecule has 31 heavy (non-hydrogen) atoms. The minimum atomic E-state index is -0.339. The van der Waals surface area contributed by atoms with E-state index in [2.05, 4.69) is 24.3 Å². The SMILES string of the molecule is O=C1[C@@H]2C3c4ccccc4C(c4ccccc43)[C@H]2C(=O)N1c1ccc2ccccc2c1. The highest BCUT2D eigenvalue weighted by Gasteiger charge is 2.61. The van der Waals surface area contributed by atoms with Gasteiger partial charge in [-0.05, 0) is 45.2 Å². The van der Waals surface area contributed by atoms with Crippen LogP contribution in [0.2, 0.25) is 0 Å². The third-order valence-corrected chi connectivity index (χ3v) is 7.44. The Hall–Kier alpha value is -3.72. The molecule has 0 spiro atoms. The molecule has 2 bridgehead atoms. The van der Waals surface area contributed by atoms with Crippen LogP contribution < -0.4 is 4.90 Å². The van der Waals surface area contributed by atoms with Crippen molar-refractivity contribution in [1.29, 1.82) is 0 Å². The summed E-state index contributed by atoms with van der Waals surface area (Å²) >= 11 is 0. The number of anilines is 1. The molecule has 8 rings (SSSR count). The van der Waals surface area contributed by atoms with Crippen molar-refractivity contribution >= 4 is 28.3 Å². The molecule has 0 aromatic heterocycles. The number of imide groups is 1. The second-order valence-electron chi connectivity index (χ2n) is 8.81. The van der Waals surface area contributed by atoms with Crippen molar-refractivity contribution in [3.05, 3.63) is 113 Å². The molecule has 3 aliphatic carbocycles. The van der Waals surface area contributed by atoms with Crippen LogP contribution in [0.4, 0.5) is 5.69 Å². The van der Waals surface area contributed by atoms with E-state index in [1.165, 1.54) is 27.2 Å². The standard InChI is InChI=1S/C28H19NO2/c30-27-25-23-19-9-3-4-10-20(19)24(22-12-6-5-11-21(22)23)26(25)28(31)29(27)18-14-13-16-7-1-2-8-17(16)15-18/h1-15,23-26H/t23?,24?,25-,26-/m1/s1. The van der Waals surface area contributed by atoms with Crippen molar-refractivity contribution in [2.75, 3.05) is 4.90 Å². The second kappa shape index (κ2) is 5.92. The minimum absolute atomic E-state index is 0.0655. The molecule has 1 fully saturated rings. The number of carbonyl (C=O) groups excluding carboxylic acids is 2. The van der Waals surface area contributed by atoms with Gasteiger partial charge in [-0.15, -0.1) is 0 Å². The fourth-order valence-corrected chi connectivity index (χ4v) is 6.25. The van der Waals surface area contributed by atoms with Crippen LogP contribution in [0, 0.1) is 11.8 Å². The Morgan fingerprint density at radius 1 is 0.516 bits per heavy atom. The Kier molecular flexibility index (Phi) is 3.25. The number of nitrogens with zero attached hydrogens (tertiary/aromatic N) is 1. The molecule has 3 nitrogen and oxygen atoms in total. The Bertz CT molecular complexity index is 1310. The van der Waals surface area contributed by atoms with Crippen LogP contribution in [0.15, 0.2) is 91.0 Å². The summed E-state index contributed by atoms with van der Waals surface area (Å²) in [7, 11) is 0. The van der Waals surface area contributed by atoms with E-state index in [0.717, 1.165) is 10.8 Å². The first-order valence-corrected chi connectivity index (χ1v) is 10.8. The fraction of sp³-hybridized carbons (Fsp3) is 0.143. The third kappa shape index (κ3) is 2.08. The molecular formula is C28H19NO2. The lowest BCUT2D eigenvalue weighted by Crippen LogP contribution is -2.41. The molecule has 1 aliphatic heterocycles. The molecule has 3 heteroatoms. The summed E-state index contributed by atoms with van der Waals surface area (Å²) in [5, 5.41) is 2.13. The summed E-state index contributed by atoms with van der Waals surface area (Å²) in [6.45, 7) is 0. The van der Waals surface area contributed by atoms with Gasteiger partial charge < -0.3 is 0 Å². The lowest BCUT2D eigenvalue weighted by Gasteiger charge is -2.45. The van der Waals surface area contributed by atoms with Gasteiger partial charge in [0.15, 0.2) is 0 Å². The molecule has 1 saturated heterocycles. The van der Waals surface area contributed by atoms with Crippen molar-refractivity contribution in [2.45, 2.75) is 11.8 Å². The van der Waals surface area contributed by atoms with Crippen LogP contribution in [-0.4, -0.2) is 11.8 Å². The van der Waals surface area contributed by atoms with Crippen LogP contribution in [0.3, 0.4) is 0 Å². The van der Waals surface area contributed by atoms with Crippen molar-refractivity contribution in [1.82, 2.24) is 0 Å². The Morgan fingerprint density at radius 2 is 0.968 bits per heavy atom. The predicted octanol–water partition coefficient (Wildman–Crippen LogP) is 5.24. The maximum absolute atomic E-state index is 13.8. The van der Waals surface area contributed by atoms with Gasteiger partial charge in [0.05, 0.1) is 17.5 Å². The summed E-state index contributed by atoms with van der Waals surface area (Å²) in [5.41, 5.74) is 5.49. The summed E-state index contributed by atoms with van der Waals surface area (Å²) in [6, 6.07) is 30.6. The van der Waals surface area contributed by atoms with E-state index in [9.17, 15) is 9.59 Å². The Labute approximate surface area is 179 Å². The van der Waals surface area contributed by atoms with E-state index in [-0.39, 0.29) is 35.5 Å². The topological polar surface area (TPSA) is 37.4 Å². The summed E-state index contributed by atoms with van der Waals surface area (Å²) in [6.07, 6.45) is 0. The maximum Gasteiger partial charge on any atom is 0.238 e. The van der Waals surface area contributed by atoms with Gasteiger partial charge in [0.1, 0.15) is 0 Å². The lowest BCUT2D eigenvalue weighted by atomic mass is 9.55. The second-order valence-corrected chi connectivity index (χ2v) is 8.81. The van der Waals surface area contributed by atoms with E-state index in [1.54, 1.807) is 0 Å². The van der Waals surface area contributed by atoms with Crippen molar-refractivity contribution in [2.24, 2.45) is 11.8 Å². The predicted molar refractivity (Wildman–Crippen MR) is 120 cm³/mol. The molecule has 4 aliphatic rings. The van der Waals surface area contributed by atoms with E-state index in [0.29, 0.717) is 5.69 Å². The number of fused-ring (bicyclic) bond motifs is 1. The summed E-state index contributed by atoms with van der Waals surface area (Å²) in [4.78, 5) is 29.1. The van der Waals surface area contributed by atoms with Crippen LogP contribution in [0.5, 0.6) is 0 Å². The van der Waals surface area contributed by atoms with Crippen molar-refractivity contribution in [3.63, 3.8) is 0 Å². The van der Waals surface area contributed by atoms with Gasteiger partial charge >= 0.3 is 0 Å². The van der Waals surface area contributed by atoms with Crippen molar-refractivity contribution in [3.8, 4) is 0 Å². The Morgan fingerprint density at radius 3 is 1.48 bits per heavy atom. The van der Waals surface area contributed by atoms with Gasteiger partial charge in [-0.3, -0.25) is 9.59 Å². The molecular weight excluding hydrogens is 382 g/mol. The summed E-state index contributed by atoms with van der Waals surface area (Å²) < 4.78 is 0. The van der Waals surface area contributed by atoms with Gasteiger partial charge in [-0.1, -0.05) is 78.9 Å². The molecule has 4 aromatic carbocycles. The highest BCUT2D eigenvalue weighted by Crippen LogP contribution is 2.61. The first-order valence-electron chi connectivity index (χ1n) is 10.8. The minimum Gasteiger partial charge on any atom is -0.274 e. The zero-order valence-corrected chi connectivity index (χ0v) is 16.7. The largest absolute Gasteiger partial charge is 0.274 e. The molecule has 0 saturated carbocycles. The van der Waals surface area contributed by atoms with Crippen LogP contribution in [0.1, 0.15) is 34.1 Å². The van der Waals surface area contributed by atoms with E-state index < -0.39 is 0 Å². The molecule has 4 aromatic rings. The number of benzene rings is 4. The van der Waals surface area contributed by atoms with Gasteiger partial charge in [-0.2, -0.15) is 0 Å². The van der Waals surface area contributed by atoms with Crippen LogP contribution in [-0.2, 0) is 9.59 Å². The molecule has 0 N–H and O–H groups in total. The highest BCUT2D eigenvalue weighted by molar-refractivity contribution is 6.23. The molecule has 148 valence electrons. The quantitative estimate of drug-likeness (QED) is 0.409. The van der Waals surface area contributed by atoms with Crippen molar-refractivity contribution < 1.29 is 9.59 Å². The first-order chi connectivity index (χ1) is 15.2. The van der Waals surface area contributed by atoms with Crippen LogP contribution in [0.25, 0.3) is 10.8 Å². The van der Waals surface area contributed by atoms with E-state index in [1.807, 2.05) is 66.7 Å². The molecule has 2 atom stereocenters. The normalized spacial score (nSPS) is 25.5. The molecule has 1 heterocycles. The van der Waals surface area contributed by atoms with Crippen LogP contribution >= 0.6 is 0 Å². The van der Waals surface area contributed by atoms with Gasteiger partial charge in [0, 0.05) is 11.8 Å².